The van der Waals surface area contributed by atoms with E-state index < -0.39 is 15.6 Å². The van der Waals surface area contributed by atoms with Crippen LogP contribution in [0, 0.1) is 0 Å². The number of halogens is 4. The summed E-state index contributed by atoms with van der Waals surface area (Å²) in [4.78, 5) is 26.0. The summed E-state index contributed by atoms with van der Waals surface area (Å²) in [5, 5.41) is 0. The number of amides is 1. The molecule has 6 nitrogen and oxygen atoms in total. The van der Waals surface area contributed by atoms with E-state index in [9.17, 15) is 20.3 Å². The maximum atomic E-state index is 13.0. The van der Waals surface area contributed by atoms with Gasteiger partial charge >= 0.3 is 0 Å². The number of nitrogens with one attached hydrogen (secondary N) is 1. The van der Waals surface area contributed by atoms with Gasteiger partial charge < -0.3 is 14.6 Å². The van der Waals surface area contributed by atoms with Gasteiger partial charge in [0.05, 0.1) is 11.0 Å². The van der Waals surface area contributed by atoms with Gasteiger partial charge in [0, 0.05) is 37.9 Å². The number of carbonyl (C=O) groups excluding carboxylic acids is 1. The number of H-pyrrole nitrogens is 1. The van der Waals surface area contributed by atoms with Crippen LogP contribution in [0.15, 0.2) is 41.4 Å². The van der Waals surface area contributed by atoms with Crippen LogP contribution in [0.4, 0.5) is 15.5 Å². The number of hydrogen-bond acceptors (Lipinski definition) is 4. The molecule has 196 valence electrons. The number of fused-ring (bicyclic) bond motifs is 1. The number of hydrogen-bond donors (Lipinski definition) is 2. The third-order valence-electron chi connectivity index (χ3n) is 7.56. The highest BCUT2D eigenvalue weighted by Gasteiger charge is 2.39. The Morgan fingerprint density at radius 2 is 1.64 bits per heavy atom. The molecule has 1 aromatic carbocycles. The van der Waals surface area contributed by atoms with Gasteiger partial charge in [-0.15, -0.1) is 15.5 Å². The molecule has 0 atom stereocenters. The molecule has 1 N–H and O–H groups in total. The van der Waals surface area contributed by atoms with Gasteiger partial charge in [0.25, 0.3) is 5.91 Å². The van der Waals surface area contributed by atoms with Gasteiger partial charge in [-0.25, -0.2) is 9.97 Å². The molecule has 2 fully saturated rings. The molecule has 1 saturated carbocycles. The van der Waals surface area contributed by atoms with Crippen LogP contribution >= 0.6 is 10.7 Å². The molecule has 0 bridgehead atoms. The highest BCUT2D eigenvalue weighted by atomic mass is 32.4. The minimum atomic E-state index is -7.83. The van der Waals surface area contributed by atoms with E-state index in [-0.39, 0.29) is 17.4 Å². The zero-order valence-electron chi connectivity index (χ0n) is 20.0. The monoisotopic (exact) mass is 526 g/mol. The number of nitrogens with zero attached hydrogens (tertiary/aromatic N) is 3. The van der Waals surface area contributed by atoms with Crippen LogP contribution in [-0.2, 0) is 4.74 Å². The third-order valence-corrected chi connectivity index (χ3v) is 8.63. The molecule has 3 heterocycles. The second-order valence-electron chi connectivity index (χ2n) is 9.76. The van der Waals surface area contributed by atoms with Crippen molar-refractivity contribution in [2.45, 2.75) is 61.4 Å². The fraction of sp³-hybridized carbons (Fsp3) is 0.480. The Morgan fingerprint density at radius 3 is 2.25 bits per heavy atom. The number of pyridine rings is 1. The Kier molecular flexibility index (Phi) is 6.48. The summed E-state index contributed by atoms with van der Waals surface area (Å²) in [6, 6.07) is 5.41. The van der Waals surface area contributed by atoms with E-state index >= 15 is 0 Å². The normalized spacial score (nSPS) is 22.9. The average molecular weight is 527 g/mol. The number of imidazole rings is 1. The van der Waals surface area contributed by atoms with E-state index in [0.717, 1.165) is 60.4 Å². The van der Waals surface area contributed by atoms with Gasteiger partial charge in [-0.2, -0.15) is 0 Å². The molecule has 1 aliphatic heterocycles. The minimum Gasteiger partial charge on any atom is -0.381 e. The molecule has 5 rings (SSSR count). The number of methoxy groups -OCH3 is 1. The van der Waals surface area contributed by atoms with Crippen molar-refractivity contribution in [1.29, 1.82) is 0 Å². The Hall–Kier alpha value is -2.66. The maximum absolute atomic E-state index is 13.0. The van der Waals surface area contributed by atoms with E-state index in [1.807, 2.05) is 6.07 Å². The summed E-state index contributed by atoms with van der Waals surface area (Å²) in [7, 11) is -6.07. The Labute approximate surface area is 207 Å². The number of benzene rings is 1. The topological polar surface area (TPSA) is 71.1 Å². The predicted molar refractivity (Wildman–Crippen MR) is 132 cm³/mol. The first-order valence-corrected chi connectivity index (χ1v) is 14.1. The van der Waals surface area contributed by atoms with Crippen molar-refractivity contribution in [2.24, 2.45) is 0 Å². The standard InChI is InChI=1S/C25H30F4N4O2S/c1-35-19-6-2-17(3-7-19)23-31-22-21(10-13-30-24(22)32-23)16-11-14-33(15-12-16)25(34)18-4-8-20(9-5-18)36(26,27,28)29/h4-5,8-10,13,16-17,19,36H,2-3,6-7,11-12,14-15H2,1H3,(H,30,31,32). The molecule has 0 spiro atoms. The molecule has 2 aliphatic rings. The summed E-state index contributed by atoms with van der Waals surface area (Å²) < 4.78 is 57.3. The Bertz CT molecular complexity index is 1240. The second kappa shape index (κ2) is 9.33. The lowest BCUT2D eigenvalue weighted by Crippen LogP contribution is -2.38. The van der Waals surface area contributed by atoms with Gasteiger partial charge in [0.2, 0.25) is 0 Å². The smallest absolute Gasteiger partial charge is 0.253 e. The second-order valence-corrected chi connectivity index (χ2v) is 11.7. The third kappa shape index (κ3) is 5.08. The van der Waals surface area contributed by atoms with E-state index in [2.05, 4.69) is 9.97 Å². The summed E-state index contributed by atoms with van der Waals surface area (Å²) in [6.07, 6.45) is 7.59. The summed E-state index contributed by atoms with van der Waals surface area (Å²) in [6.45, 7) is 0.955. The van der Waals surface area contributed by atoms with Gasteiger partial charge in [-0.1, -0.05) is 0 Å². The first-order chi connectivity index (χ1) is 17.1. The highest BCUT2D eigenvalue weighted by molar-refractivity contribution is 8.33. The lowest BCUT2D eigenvalue weighted by atomic mass is 9.87. The summed E-state index contributed by atoms with van der Waals surface area (Å²) in [5.74, 6) is 1.18. The number of aromatic amines is 1. The van der Waals surface area contributed by atoms with E-state index in [1.165, 1.54) is 0 Å². The molecule has 1 amide bonds. The maximum Gasteiger partial charge on any atom is 0.253 e. The summed E-state index contributed by atoms with van der Waals surface area (Å²) >= 11 is 0. The quantitative estimate of drug-likeness (QED) is 0.290. The molecule has 0 radical (unpaired) electrons. The molecule has 11 heteroatoms. The molecule has 3 aromatic rings. The Balaban J connectivity index is 1.26. The van der Waals surface area contributed by atoms with Crippen molar-refractivity contribution in [3.05, 3.63) is 53.5 Å². The molecule has 0 unspecified atom stereocenters. The van der Waals surface area contributed by atoms with Crippen LogP contribution in [0.25, 0.3) is 11.2 Å². The van der Waals surface area contributed by atoms with E-state index in [1.54, 1.807) is 18.2 Å². The van der Waals surface area contributed by atoms with Crippen LogP contribution in [0.1, 0.15) is 72.1 Å². The van der Waals surface area contributed by atoms with Gasteiger partial charge in [0.15, 0.2) is 16.4 Å². The van der Waals surface area contributed by atoms with Crippen LogP contribution in [0.3, 0.4) is 0 Å². The number of ether oxygens (including phenoxy) is 1. The number of piperidine rings is 1. The molecule has 36 heavy (non-hydrogen) atoms. The number of thiol groups is 1. The highest BCUT2D eigenvalue weighted by Crippen LogP contribution is 2.81. The summed E-state index contributed by atoms with van der Waals surface area (Å²) in [5.41, 5.74) is 2.88. The predicted octanol–water partition coefficient (Wildman–Crippen LogP) is 6.62. The number of likely N-dealkylation sites (tertiary alicyclic amines) is 1. The van der Waals surface area contributed by atoms with Crippen molar-refractivity contribution in [2.75, 3.05) is 20.2 Å². The fourth-order valence-electron chi connectivity index (χ4n) is 5.45. The average Bonchev–Trinajstić information content (AvgIpc) is 3.32. The van der Waals surface area contributed by atoms with Crippen LogP contribution in [0.5, 0.6) is 0 Å². The van der Waals surface area contributed by atoms with Crippen LogP contribution in [0.2, 0.25) is 0 Å². The zero-order chi connectivity index (χ0) is 25.5. The zero-order valence-corrected chi connectivity index (χ0v) is 20.9. The first kappa shape index (κ1) is 25.0. The van der Waals surface area contributed by atoms with Crippen molar-refractivity contribution < 1.29 is 25.1 Å². The van der Waals surface area contributed by atoms with Crippen molar-refractivity contribution in [3.63, 3.8) is 0 Å². The number of carbonyl (C=O) groups is 1. The van der Waals surface area contributed by atoms with Crippen LogP contribution in [-0.4, -0.2) is 52.1 Å². The molecular formula is C25H30F4N4O2S. The van der Waals surface area contributed by atoms with Gasteiger partial charge in [-0.3, -0.25) is 4.79 Å². The molecule has 1 aliphatic carbocycles. The first-order valence-electron chi connectivity index (χ1n) is 12.3. The van der Waals surface area contributed by atoms with E-state index in [4.69, 9.17) is 9.72 Å². The van der Waals surface area contributed by atoms with Crippen LogP contribution < -0.4 is 0 Å². The molecule has 1 saturated heterocycles. The van der Waals surface area contributed by atoms with Gasteiger partial charge in [0.1, 0.15) is 11.3 Å². The number of aromatic nitrogens is 3. The SMILES string of the molecule is COC1CCC(c2nc3c(C4CCN(C(=O)c5ccc([SH](F)(F)(F)F)cc5)CC4)ccnc3[nH]2)CC1. The lowest BCUT2D eigenvalue weighted by Gasteiger charge is -2.33. The van der Waals surface area contributed by atoms with Gasteiger partial charge in [-0.05, 0) is 80.3 Å². The molecule has 2 aromatic heterocycles. The number of rotatable bonds is 5. The fourth-order valence-corrected chi connectivity index (χ4v) is 6.05. The minimum absolute atomic E-state index is 0.129. The lowest BCUT2D eigenvalue weighted by molar-refractivity contribution is 0.0652. The van der Waals surface area contributed by atoms with Crippen molar-refractivity contribution in [1.82, 2.24) is 19.9 Å². The molecular weight excluding hydrogens is 496 g/mol. The Morgan fingerprint density at radius 1 is 0.972 bits per heavy atom. The largest absolute Gasteiger partial charge is 0.381 e. The van der Waals surface area contributed by atoms with Crippen molar-refractivity contribution >= 4 is 27.8 Å². The van der Waals surface area contributed by atoms with Crippen molar-refractivity contribution in [3.8, 4) is 0 Å². The van der Waals surface area contributed by atoms with E-state index in [0.29, 0.717) is 50.1 Å².